The molecule has 3 aromatic carbocycles. The minimum atomic E-state index is -0.522. The Kier molecular flexibility index (Phi) is 7.25. The third-order valence-electron chi connectivity index (χ3n) is 5.51. The Bertz CT molecular complexity index is 1210. The Hall–Kier alpha value is -3.38. The molecule has 4 aromatic rings. The molecule has 6 heteroatoms. The first-order chi connectivity index (χ1) is 16.0. The number of nitrogens with zero attached hydrogens (tertiary/aromatic N) is 2. The van der Waals surface area contributed by atoms with E-state index in [1.54, 1.807) is 0 Å². The topological polar surface area (TPSA) is 68.0 Å². The quantitative estimate of drug-likeness (QED) is 0.306. The summed E-state index contributed by atoms with van der Waals surface area (Å²) in [4.78, 5) is 13.3. The number of nitrogens with one attached hydrogen (secondary N) is 1. The number of thioether (sulfide) groups is 1. The van der Waals surface area contributed by atoms with Gasteiger partial charge in [0, 0.05) is 12.1 Å². The lowest BCUT2D eigenvalue weighted by molar-refractivity contribution is -0.115. The van der Waals surface area contributed by atoms with Gasteiger partial charge in [0.1, 0.15) is 5.25 Å². The first-order valence-corrected chi connectivity index (χ1v) is 11.8. The molecule has 0 aliphatic heterocycles. The number of aromatic nitrogens is 2. The van der Waals surface area contributed by atoms with E-state index in [2.05, 4.69) is 34.6 Å². The van der Waals surface area contributed by atoms with Crippen molar-refractivity contribution in [2.75, 3.05) is 5.32 Å². The predicted molar refractivity (Wildman–Crippen MR) is 132 cm³/mol. The summed E-state index contributed by atoms with van der Waals surface area (Å²) in [6.07, 6.45) is 0.641. The van der Waals surface area contributed by atoms with Crippen LogP contribution in [0.5, 0.6) is 0 Å². The predicted octanol–water partition coefficient (Wildman–Crippen LogP) is 6.50. The molecule has 0 radical (unpaired) electrons. The first-order valence-electron chi connectivity index (χ1n) is 11.0. The summed E-state index contributed by atoms with van der Waals surface area (Å²) >= 11 is 1.27. The highest BCUT2D eigenvalue weighted by Crippen LogP contribution is 2.36. The third-order valence-corrected chi connectivity index (χ3v) is 6.60. The van der Waals surface area contributed by atoms with Crippen LogP contribution in [0.3, 0.4) is 0 Å². The molecule has 4 rings (SSSR count). The van der Waals surface area contributed by atoms with Gasteiger partial charge in [-0.05, 0) is 59.8 Å². The molecule has 1 amide bonds. The highest BCUT2D eigenvalue weighted by atomic mass is 32.2. The Morgan fingerprint density at radius 2 is 1.61 bits per heavy atom. The van der Waals surface area contributed by atoms with Gasteiger partial charge in [0.15, 0.2) is 0 Å². The van der Waals surface area contributed by atoms with Crippen LogP contribution < -0.4 is 5.32 Å². The zero-order valence-electron chi connectivity index (χ0n) is 19.0. The SMILES string of the molecule is Cc1ccc(C)c(NC(=O)C(Sc2nnc(CC(C)c3ccccc3)o2)c2ccccc2)c1. The smallest absolute Gasteiger partial charge is 0.277 e. The van der Waals surface area contributed by atoms with Crippen molar-refractivity contribution in [2.24, 2.45) is 0 Å². The van der Waals surface area contributed by atoms with Crippen LogP contribution in [-0.2, 0) is 11.2 Å². The van der Waals surface area contributed by atoms with E-state index in [0.717, 1.165) is 22.4 Å². The first kappa shape index (κ1) is 22.8. The second kappa shape index (κ2) is 10.5. The van der Waals surface area contributed by atoms with Gasteiger partial charge in [-0.2, -0.15) is 0 Å². The maximum absolute atomic E-state index is 13.3. The fourth-order valence-corrected chi connectivity index (χ4v) is 4.49. The van der Waals surface area contributed by atoms with Gasteiger partial charge < -0.3 is 9.73 Å². The van der Waals surface area contributed by atoms with Crippen molar-refractivity contribution in [2.45, 2.75) is 43.6 Å². The van der Waals surface area contributed by atoms with E-state index < -0.39 is 5.25 Å². The molecule has 0 saturated carbocycles. The summed E-state index contributed by atoms with van der Waals surface area (Å²) in [6, 6.07) is 25.9. The van der Waals surface area contributed by atoms with Gasteiger partial charge in [-0.3, -0.25) is 4.79 Å². The number of hydrogen-bond acceptors (Lipinski definition) is 5. The Balaban J connectivity index is 1.52. The van der Waals surface area contributed by atoms with Crippen LogP contribution >= 0.6 is 11.8 Å². The van der Waals surface area contributed by atoms with E-state index >= 15 is 0 Å². The third kappa shape index (κ3) is 5.90. The maximum Gasteiger partial charge on any atom is 0.277 e. The van der Waals surface area contributed by atoms with Gasteiger partial charge in [-0.15, -0.1) is 10.2 Å². The van der Waals surface area contributed by atoms with E-state index in [9.17, 15) is 4.79 Å². The lowest BCUT2D eigenvalue weighted by Crippen LogP contribution is -2.19. The number of benzene rings is 3. The molecule has 0 aliphatic carbocycles. The van der Waals surface area contributed by atoms with Crippen molar-refractivity contribution < 1.29 is 9.21 Å². The standard InChI is InChI=1S/C27H27N3O2S/c1-18-14-15-19(2)23(16-18)28-26(31)25(22-12-8-5-9-13-22)33-27-30-29-24(32-27)17-20(3)21-10-6-4-7-11-21/h4-16,20,25H,17H2,1-3H3,(H,28,31). The molecule has 1 N–H and O–H groups in total. The molecule has 0 saturated heterocycles. The fourth-order valence-electron chi connectivity index (χ4n) is 3.60. The van der Waals surface area contributed by atoms with E-state index in [1.165, 1.54) is 17.3 Å². The molecule has 2 atom stereocenters. The van der Waals surface area contributed by atoms with Crippen LogP contribution in [0.25, 0.3) is 0 Å². The van der Waals surface area contributed by atoms with E-state index in [4.69, 9.17) is 4.42 Å². The average molecular weight is 458 g/mol. The largest absolute Gasteiger partial charge is 0.416 e. The molecular weight excluding hydrogens is 430 g/mol. The lowest BCUT2D eigenvalue weighted by atomic mass is 9.98. The molecule has 0 fully saturated rings. The van der Waals surface area contributed by atoms with Gasteiger partial charge in [-0.25, -0.2) is 0 Å². The van der Waals surface area contributed by atoms with Crippen LogP contribution in [0.4, 0.5) is 5.69 Å². The van der Waals surface area contributed by atoms with Crippen LogP contribution in [-0.4, -0.2) is 16.1 Å². The number of carbonyl (C=O) groups excluding carboxylic acids is 1. The minimum Gasteiger partial charge on any atom is -0.416 e. The van der Waals surface area contributed by atoms with Crippen LogP contribution in [0.15, 0.2) is 88.5 Å². The van der Waals surface area contributed by atoms with Crippen molar-refractivity contribution in [3.05, 3.63) is 107 Å². The number of anilines is 1. The molecule has 1 aromatic heterocycles. The molecule has 1 heterocycles. The van der Waals surface area contributed by atoms with Gasteiger partial charge in [0.2, 0.25) is 11.8 Å². The zero-order valence-corrected chi connectivity index (χ0v) is 19.8. The second-order valence-corrected chi connectivity index (χ2v) is 9.25. The number of aryl methyl sites for hydroxylation is 2. The summed E-state index contributed by atoms with van der Waals surface area (Å²) in [5.41, 5.74) is 5.02. The molecule has 0 bridgehead atoms. The molecular formula is C27H27N3O2S. The zero-order chi connectivity index (χ0) is 23.2. The highest BCUT2D eigenvalue weighted by Gasteiger charge is 2.25. The molecule has 2 unspecified atom stereocenters. The Morgan fingerprint density at radius 3 is 2.30 bits per heavy atom. The highest BCUT2D eigenvalue weighted by molar-refractivity contribution is 8.00. The molecule has 0 spiro atoms. The lowest BCUT2D eigenvalue weighted by Gasteiger charge is -2.16. The number of hydrogen-bond donors (Lipinski definition) is 1. The van der Waals surface area contributed by atoms with Gasteiger partial charge >= 0.3 is 0 Å². The van der Waals surface area contributed by atoms with E-state index in [1.807, 2.05) is 80.6 Å². The Labute approximate surface area is 198 Å². The molecule has 0 aliphatic rings. The summed E-state index contributed by atoms with van der Waals surface area (Å²) in [6.45, 7) is 6.13. The monoisotopic (exact) mass is 457 g/mol. The average Bonchev–Trinajstić information content (AvgIpc) is 3.27. The summed E-state index contributed by atoms with van der Waals surface area (Å²) in [5, 5.41) is 11.4. The summed E-state index contributed by atoms with van der Waals surface area (Å²) in [5.74, 6) is 0.690. The summed E-state index contributed by atoms with van der Waals surface area (Å²) in [7, 11) is 0. The Morgan fingerprint density at radius 1 is 0.939 bits per heavy atom. The van der Waals surface area contributed by atoms with Crippen molar-refractivity contribution in [3.63, 3.8) is 0 Å². The number of carbonyl (C=O) groups is 1. The van der Waals surface area contributed by atoms with Crippen LogP contribution in [0, 0.1) is 13.8 Å². The molecule has 168 valence electrons. The fraction of sp³-hybridized carbons (Fsp3) is 0.222. The maximum atomic E-state index is 13.3. The van der Waals surface area contributed by atoms with Crippen molar-refractivity contribution in [1.82, 2.24) is 10.2 Å². The van der Waals surface area contributed by atoms with Crippen molar-refractivity contribution >= 4 is 23.4 Å². The number of amides is 1. The van der Waals surface area contributed by atoms with E-state index in [0.29, 0.717) is 17.5 Å². The van der Waals surface area contributed by atoms with Crippen molar-refractivity contribution in [1.29, 1.82) is 0 Å². The van der Waals surface area contributed by atoms with E-state index in [-0.39, 0.29) is 11.8 Å². The molecule has 33 heavy (non-hydrogen) atoms. The normalized spacial score (nSPS) is 12.8. The van der Waals surface area contributed by atoms with Gasteiger partial charge in [-0.1, -0.05) is 79.7 Å². The second-order valence-electron chi connectivity index (χ2n) is 8.19. The molecule has 5 nitrogen and oxygen atoms in total. The minimum absolute atomic E-state index is 0.127. The summed E-state index contributed by atoms with van der Waals surface area (Å²) < 4.78 is 5.93. The van der Waals surface area contributed by atoms with Crippen LogP contribution in [0.2, 0.25) is 0 Å². The van der Waals surface area contributed by atoms with Crippen LogP contribution in [0.1, 0.15) is 46.2 Å². The van der Waals surface area contributed by atoms with Gasteiger partial charge in [0.25, 0.3) is 5.22 Å². The number of rotatable bonds is 8. The van der Waals surface area contributed by atoms with Crippen molar-refractivity contribution in [3.8, 4) is 0 Å². The van der Waals surface area contributed by atoms with Gasteiger partial charge in [0.05, 0.1) is 0 Å².